The van der Waals surface area contributed by atoms with Gasteiger partial charge in [0, 0.05) is 40.3 Å². The molecule has 2 unspecified atom stereocenters. The molecule has 0 N–H and O–H groups in total. The fourth-order valence-corrected chi connectivity index (χ4v) is 4.72. The summed E-state index contributed by atoms with van der Waals surface area (Å²) in [6, 6.07) is 4.21. The zero-order chi connectivity index (χ0) is 19.3. The molecule has 28 heavy (non-hydrogen) atoms. The fourth-order valence-electron chi connectivity index (χ4n) is 3.81. The average molecular weight is 412 g/mol. The molecule has 0 amide bonds. The van der Waals surface area contributed by atoms with Gasteiger partial charge in [0.1, 0.15) is 11.9 Å². The standard InChI is InChI=1S/C22H19ClFN3S/c1-13-10-19-17(6-4-14-2-3-14)20(16-7-5-15(24)11-18(16)23)26-21(27(19)12-13)22-25-8-9-28-22/h5,7-9,11,13-14,20H,2-3,10,12H2,1H3. The molecular weight excluding hydrogens is 393 g/mol. The van der Waals surface area contributed by atoms with Gasteiger partial charge in [-0.1, -0.05) is 36.4 Å². The molecule has 3 heterocycles. The maximum atomic E-state index is 13.7. The van der Waals surface area contributed by atoms with Crippen molar-refractivity contribution in [2.24, 2.45) is 16.8 Å². The molecule has 1 aromatic carbocycles. The summed E-state index contributed by atoms with van der Waals surface area (Å²) in [6.45, 7) is 3.16. The van der Waals surface area contributed by atoms with Crippen molar-refractivity contribution in [1.29, 1.82) is 0 Å². The van der Waals surface area contributed by atoms with Crippen LogP contribution in [0.15, 0.2) is 46.0 Å². The van der Waals surface area contributed by atoms with Crippen molar-refractivity contribution in [2.45, 2.75) is 32.2 Å². The summed E-state index contributed by atoms with van der Waals surface area (Å²) in [5.74, 6) is 8.38. The molecule has 6 heteroatoms. The summed E-state index contributed by atoms with van der Waals surface area (Å²) in [5, 5.41) is 3.24. The number of fused-ring (bicyclic) bond motifs is 1. The first kappa shape index (κ1) is 17.9. The molecule has 0 radical (unpaired) electrons. The van der Waals surface area contributed by atoms with Crippen molar-refractivity contribution in [1.82, 2.24) is 9.88 Å². The molecule has 1 aliphatic carbocycles. The van der Waals surface area contributed by atoms with Crippen LogP contribution in [0.2, 0.25) is 5.02 Å². The molecule has 2 aliphatic heterocycles. The van der Waals surface area contributed by atoms with E-state index < -0.39 is 0 Å². The average Bonchev–Trinajstić information content (AvgIpc) is 3.16. The van der Waals surface area contributed by atoms with Crippen molar-refractivity contribution in [3.8, 4) is 11.8 Å². The Kier molecular flexibility index (Phi) is 4.49. The number of aliphatic imine (C=N–C) groups is 1. The molecule has 0 spiro atoms. The highest BCUT2D eigenvalue weighted by molar-refractivity contribution is 7.11. The second-order valence-electron chi connectivity index (χ2n) is 7.68. The lowest BCUT2D eigenvalue weighted by atomic mass is 9.94. The first-order valence-electron chi connectivity index (χ1n) is 9.55. The highest BCUT2D eigenvalue weighted by Gasteiger charge is 2.38. The number of hydrogen-bond donors (Lipinski definition) is 0. The van der Waals surface area contributed by atoms with Crippen molar-refractivity contribution in [3.05, 3.63) is 62.5 Å². The Balaban J connectivity index is 1.68. The van der Waals surface area contributed by atoms with Crippen molar-refractivity contribution in [2.75, 3.05) is 6.54 Å². The molecule has 3 nitrogen and oxygen atoms in total. The maximum Gasteiger partial charge on any atom is 0.165 e. The molecule has 2 atom stereocenters. The van der Waals surface area contributed by atoms with E-state index in [9.17, 15) is 4.39 Å². The second-order valence-corrected chi connectivity index (χ2v) is 8.98. The van der Waals surface area contributed by atoms with Gasteiger partial charge in [0.2, 0.25) is 0 Å². The minimum Gasteiger partial charge on any atom is -0.327 e. The van der Waals surface area contributed by atoms with Gasteiger partial charge in [0.25, 0.3) is 0 Å². The van der Waals surface area contributed by atoms with Gasteiger partial charge in [-0.05, 0) is 37.3 Å². The topological polar surface area (TPSA) is 28.5 Å². The van der Waals surface area contributed by atoms with Crippen LogP contribution in [0.5, 0.6) is 0 Å². The van der Waals surface area contributed by atoms with Gasteiger partial charge in [-0.2, -0.15) is 0 Å². The van der Waals surface area contributed by atoms with Crippen LogP contribution < -0.4 is 0 Å². The van der Waals surface area contributed by atoms with Gasteiger partial charge in [-0.25, -0.2) is 9.37 Å². The summed E-state index contributed by atoms with van der Waals surface area (Å²) in [4.78, 5) is 11.8. The van der Waals surface area contributed by atoms with Gasteiger partial charge in [0.15, 0.2) is 10.8 Å². The van der Waals surface area contributed by atoms with Crippen molar-refractivity contribution < 1.29 is 4.39 Å². The third kappa shape index (κ3) is 3.25. The van der Waals surface area contributed by atoms with Crippen LogP contribution in [-0.2, 0) is 0 Å². The molecular formula is C22H19ClFN3S. The van der Waals surface area contributed by atoms with E-state index in [-0.39, 0.29) is 11.9 Å². The highest BCUT2D eigenvalue weighted by Crippen LogP contribution is 2.43. The largest absolute Gasteiger partial charge is 0.327 e. The van der Waals surface area contributed by atoms with Crippen LogP contribution >= 0.6 is 22.9 Å². The van der Waals surface area contributed by atoms with Crippen LogP contribution in [0.3, 0.4) is 0 Å². The second kappa shape index (κ2) is 7.02. The summed E-state index contributed by atoms with van der Waals surface area (Å²) >= 11 is 8.02. The van der Waals surface area contributed by atoms with Gasteiger partial charge in [-0.15, -0.1) is 11.3 Å². The molecule has 142 valence electrons. The van der Waals surface area contributed by atoms with Gasteiger partial charge in [0.05, 0.1) is 5.57 Å². The van der Waals surface area contributed by atoms with E-state index in [2.05, 4.69) is 28.6 Å². The fraction of sp³-hybridized carbons (Fsp3) is 0.364. The number of benzene rings is 1. The molecule has 3 aliphatic rings. The normalized spacial score (nSPS) is 24.0. The van der Waals surface area contributed by atoms with Gasteiger partial charge < -0.3 is 4.90 Å². The number of allylic oxidation sites excluding steroid dienone is 1. The van der Waals surface area contributed by atoms with E-state index >= 15 is 0 Å². The van der Waals surface area contributed by atoms with E-state index in [1.807, 2.05) is 5.38 Å². The third-order valence-corrected chi connectivity index (χ3v) is 6.42. The SMILES string of the molecule is CC1CC2=C(C#CC3CC3)C(c3ccc(F)cc3Cl)N=C(c3nccs3)N2C1. The lowest BCUT2D eigenvalue weighted by molar-refractivity contribution is 0.512. The van der Waals surface area contributed by atoms with Crippen LogP contribution in [0.25, 0.3) is 0 Å². The molecule has 2 fully saturated rings. The maximum absolute atomic E-state index is 13.7. The summed E-state index contributed by atoms with van der Waals surface area (Å²) in [7, 11) is 0. The number of halogens is 2. The lowest BCUT2D eigenvalue weighted by Crippen LogP contribution is -2.33. The Morgan fingerprint density at radius 1 is 1.32 bits per heavy atom. The first-order valence-corrected chi connectivity index (χ1v) is 10.8. The number of thiazole rings is 1. The third-order valence-electron chi connectivity index (χ3n) is 5.32. The Hall–Kier alpha value is -2.16. The summed E-state index contributed by atoms with van der Waals surface area (Å²) < 4.78 is 13.7. The lowest BCUT2D eigenvalue weighted by Gasteiger charge is -2.31. The molecule has 2 aromatic rings. The Bertz CT molecular complexity index is 1040. The minimum atomic E-state index is -0.344. The quantitative estimate of drug-likeness (QED) is 0.615. The number of aromatic nitrogens is 1. The van der Waals surface area contributed by atoms with E-state index in [1.165, 1.54) is 30.7 Å². The molecule has 1 aromatic heterocycles. The van der Waals surface area contributed by atoms with Crippen LogP contribution in [0.4, 0.5) is 4.39 Å². The number of hydrogen-bond acceptors (Lipinski definition) is 4. The predicted octanol–water partition coefficient (Wildman–Crippen LogP) is 5.45. The van der Waals surface area contributed by atoms with Crippen LogP contribution in [0, 0.1) is 29.5 Å². The van der Waals surface area contributed by atoms with Crippen molar-refractivity contribution in [3.63, 3.8) is 0 Å². The zero-order valence-corrected chi connectivity index (χ0v) is 17.0. The van der Waals surface area contributed by atoms with Crippen LogP contribution in [0.1, 0.15) is 42.8 Å². The number of nitrogens with zero attached hydrogens (tertiary/aromatic N) is 3. The molecule has 5 rings (SSSR count). The predicted molar refractivity (Wildman–Crippen MR) is 111 cm³/mol. The first-order chi connectivity index (χ1) is 13.6. The Morgan fingerprint density at radius 3 is 2.89 bits per heavy atom. The van der Waals surface area contributed by atoms with E-state index in [0.717, 1.165) is 34.9 Å². The van der Waals surface area contributed by atoms with E-state index in [1.54, 1.807) is 23.6 Å². The Labute approximate surface area is 173 Å². The van der Waals surface area contributed by atoms with Gasteiger partial charge in [-0.3, -0.25) is 4.99 Å². The smallest absolute Gasteiger partial charge is 0.165 e. The number of amidine groups is 1. The summed E-state index contributed by atoms with van der Waals surface area (Å²) in [6.07, 6.45) is 5.10. The molecule has 1 saturated heterocycles. The zero-order valence-electron chi connectivity index (χ0n) is 15.5. The molecule has 1 saturated carbocycles. The van der Waals surface area contributed by atoms with E-state index in [4.69, 9.17) is 16.6 Å². The summed E-state index contributed by atoms with van der Waals surface area (Å²) in [5.41, 5.74) is 3.01. The van der Waals surface area contributed by atoms with Gasteiger partial charge >= 0.3 is 0 Å². The van der Waals surface area contributed by atoms with E-state index in [0.29, 0.717) is 16.9 Å². The van der Waals surface area contributed by atoms with Crippen LogP contribution in [-0.4, -0.2) is 22.3 Å². The Morgan fingerprint density at radius 2 is 2.18 bits per heavy atom. The van der Waals surface area contributed by atoms with Crippen molar-refractivity contribution >= 4 is 28.8 Å². The monoisotopic (exact) mass is 411 g/mol. The molecule has 0 bridgehead atoms. The number of rotatable bonds is 2. The highest BCUT2D eigenvalue weighted by atomic mass is 35.5. The minimum absolute atomic E-state index is 0.324.